The van der Waals surface area contributed by atoms with Gasteiger partial charge in [0.15, 0.2) is 0 Å². The highest BCUT2D eigenvalue weighted by Crippen LogP contribution is 2.27. The third kappa shape index (κ3) is 4.45. The largest absolute Gasteiger partial charge is 0.395 e. The quantitative estimate of drug-likeness (QED) is 0.347. The summed E-state index contributed by atoms with van der Waals surface area (Å²) in [4.78, 5) is 4.45. The third-order valence-electron chi connectivity index (χ3n) is 5.00. The molecule has 0 bridgehead atoms. The molecule has 0 aliphatic rings. The van der Waals surface area contributed by atoms with Gasteiger partial charge in [0, 0.05) is 42.1 Å². The molecular formula is C23H25N5O. The Labute approximate surface area is 170 Å². The van der Waals surface area contributed by atoms with Gasteiger partial charge in [0.1, 0.15) is 0 Å². The molecule has 0 amide bonds. The van der Waals surface area contributed by atoms with Crippen LogP contribution in [0.2, 0.25) is 0 Å². The summed E-state index contributed by atoms with van der Waals surface area (Å²) in [6.07, 6.45) is 3.72. The summed E-state index contributed by atoms with van der Waals surface area (Å²) in [5, 5.41) is 24.4. The number of rotatable bonds is 8. The summed E-state index contributed by atoms with van der Waals surface area (Å²) >= 11 is 0. The Morgan fingerprint density at radius 3 is 2.72 bits per heavy atom. The van der Waals surface area contributed by atoms with E-state index in [0.29, 0.717) is 13.1 Å². The maximum Gasteiger partial charge on any atom is 0.0924 e. The molecule has 0 aliphatic carbocycles. The second-order valence-corrected chi connectivity index (χ2v) is 7.08. The smallest absolute Gasteiger partial charge is 0.0924 e. The molecule has 6 heteroatoms. The zero-order valence-corrected chi connectivity index (χ0v) is 16.4. The molecule has 4 N–H and O–H groups in total. The number of aliphatic hydroxyl groups excluding tert-OH is 1. The van der Waals surface area contributed by atoms with Crippen molar-refractivity contribution in [1.82, 2.24) is 20.5 Å². The summed E-state index contributed by atoms with van der Waals surface area (Å²) in [6.45, 7) is 3.41. The number of aromatic nitrogens is 3. The number of H-pyrrole nitrogens is 1. The predicted molar refractivity (Wildman–Crippen MR) is 117 cm³/mol. The Balaban J connectivity index is 1.59. The standard InChI is InChI=1S/C23H25N5O/c1-16-21-12-18(7-8-22(21)28-27-16)19-11-20(14-25-13-19)26-23(15-24-9-10-29)17-5-3-2-4-6-17/h2-8,11-14,23-24,26,29H,9-10,15H2,1H3,(H,27,28). The number of pyridine rings is 1. The predicted octanol–water partition coefficient (Wildman–Crippen LogP) is 3.67. The van der Waals surface area contributed by atoms with E-state index in [1.807, 2.05) is 43.6 Å². The number of hydrogen-bond acceptors (Lipinski definition) is 5. The van der Waals surface area contributed by atoms with Crippen LogP contribution in [0.5, 0.6) is 0 Å². The fraction of sp³-hybridized carbons (Fsp3) is 0.217. The third-order valence-corrected chi connectivity index (χ3v) is 5.00. The van der Waals surface area contributed by atoms with Gasteiger partial charge in [0.05, 0.1) is 23.9 Å². The van der Waals surface area contributed by atoms with E-state index in [1.165, 1.54) is 5.56 Å². The lowest BCUT2D eigenvalue weighted by Crippen LogP contribution is -2.28. The summed E-state index contributed by atoms with van der Waals surface area (Å²) < 4.78 is 0. The van der Waals surface area contributed by atoms with Crippen LogP contribution in [0.15, 0.2) is 67.0 Å². The summed E-state index contributed by atoms with van der Waals surface area (Å²) in [5.74, 6) is 0. The van der Waals surface area contributed by atoms with Gasteiger partial charge in [-0.25, -0.2) is 0 Å². The molecule has 0 spiro atoms. The first-order valence-corrected chi connectivity index (χ1v) is 9.78. The van der Waals surface area contributed by atoms with Crippen molar-refractivity contribution < 1.29 is 5.11 Å². The number of nitrogens with zero attached hydrogens (tertiary/aromatic N) is 2. The molecule has 29 heavy (non-hydrogen) atoms. The Morgan fingerprint density at radius 2 is 1.90 bits per heavy atom. The van der Waals surface area contributed by atoms with Gasteiger partial charge in [-0.3, -0.25) is 10.1 Å². The van der Waals surface area contributed by atoms with Gasteiger partial charge >= 0.3 is 0 Å². The minimum Gasteiger partial charge on any atom is -0.395 e. The normalized spacial score (nSPS) is 12.2. The van der Waals surface area contributed by atoms with E-state index in [-0.39, 0.29) is 12.6 Å². The maximum absolute atomic E-state index is 9.08. The van der Waals surface area contributed by atoms with Gasteiger partial charge in [0.2, 0.25) is 0 Å². The second kappa shape index (κ2) is 8.86. The molecule has 0 saturated heterocycles. The highest BCUT2D eigenvalue weighted by atomic mass is 16.3. The van der Waals surface area contributed by atoms with Crippen LogP contribution in [0.3, 0.4) is 0 Å². The highest BCUT2D eigenvalue weighted by molar-refractivity contribution is 5.86. The van der Waals surface area contributed by atoms with E-state index in [4.69, 9.17) is 5.11 Å². The van der Waals surface area contributed by atoms with Gasteiger partial charge in [-0.2, -0.15) is 5.10 Å². The summed E-state index contributed by atoms with van der Waals surface area (Å²) in [6, 6.07) is 18.7. The summed E-state index contributed by atoms with van der Waals surface area (Å²) in [7, 11) is 0. The first-order valence-electron chi connectivity index (χ1n) is 9.78. The molecule has 4 aromatic rings. The first-order chi connectivity index (χ1) is 14.2. The van der Waals surface area contributed by atoms with Crippen molar-refractivity contribution in [3.8, 4) is 11.1 Å². The molecule has 2 aromatic carbocycles. The van der Waals surface area contributed by atoms with Crippen molar-refractivity contribution in [2.75, 3.05) is 25.0 Å². The van der Waals surface area contributed by atoms with Crippen molar-refractivity contribution in [3.63, 3.8) is 0 Å². The Hall–Kier alpha value is -3.22. The number of fused-ring (bicyclic) bond motifs is 1. The monoisotopic (exact) mass is 387 g/mol. The van der Waals surface area contributed by atoms with Crippen molar-refractivity contribution in [1.29, 1.82) is 0 Å². The zero-order chi connectivity index (χ0) is 20.1. The Bertz CT molecular complexity index is 1080. The summed E-state index contributed by atoms with van der Waals surface area (Å²) in [5.41, 5.74) is 6.31. The number of hydrogen-bond donors (Lipinski definition) is 4. The van der Waals surface area contributed by atoms with Gasteiger partial charge in [-0.05, 0) is 36.2 Å². The van der Waals surface area contributed by atoms with E-state index in [0.717, 1.165) is 33.4 Å². The maximum atomic E-state index is 9.08. The number of aryl methyl sites for hydroxylation is 1. The van der Waals surface area contributed by atoms with E-state index in [9.17, 15) is 0 Å². The van der Waals surface area contributed by atoms with Gasteiger partial charge < -0.3 is 15.7 Å². The number of aromatic amines is 1. The molecule has 1 atom stereocenters. The van der Waals surface area contributed by atoms with Gasteiger partial charge in [0.25, 0.3) is 0 Å². The minimum absolute atomic E-state index is 0.0680. The lowest BCUT2D eigenvalue weighted by Gasteiger charge is -2.21. The van der Waals surface area contributed by atoms with Crippen LogP contribution < -0.4 is 10.6 Å². The average molecular weight is 387 g/mol. The zero-order valence-electron chi connectivity index (χ0n) is 16.4. The van der Waals surface area contributed by atoms with Crippen LogP contribution >= 0.6 is 0 Å². The number of nitrogens with one attached hydrogen (secondary N) is 3. The molecule has 2 aromatic heterocycles. The minimum atomic E-state index is 0.0680. The van der Waals surface area contributed by atoms with Crippen LogP contribution in [0.25, 0.3) is 22.0 Å². The molecule has 0 saturated carbocycles. The molecule has 0 fully saturated rings. The highest BCUT2D eigenvalue weighted by Gasteiger charge is 2.12. The van der Waals surface area contributed by atoms with Crippen molar-refractivity contribution in [2.24, 2.45) is 0 Å². The lowest BCUT2D eigenvalue weighted by molar-refractivity contribution is 0.291. The van der Waals surface area contributed by atoms with E-state index >= 15 is 0 Å². The van der Waals surface area contributed by atoms with Crippen LogP contribution in [-0.2, 0) is 0 Å². The van der Waals surface area contributed by atoms with Crippen molar-refractivity contribution in [2.45, 2.75) is 13.0 Å². The number of anilines is 1. The van der Waals surface area contributed by atoms with Gasteiger partial charge in [-0.1, -0.05) is 36.4 Å². The van der Waals surface area contributed by atoms with Crippen LogP contribution in [0.1, 0.15) is 17.3 Å². The van der Waals surface area contributed by atoms with E-state index < -0.39 is 0 Å². The molecule has 2 heterocycles. The molecule has 6 nitrogen and oxygen atoms in total. The molecule has 148 valence electrons. The Morgan fingerprint density at radius 1 is 1.03 bits per heavy atom. The fourth-order valence-electron chi connectivity index (χ4n) is 3.46. The van der Waals surface area contributed by atoms with Crippen molar-refractivity contribution in [3.05, 3.63) is 78.2 Å². The second-order valence-electron chi connectivity index (χ2n) is 7.08. The van der Waals surface area contributed by atoms with E-state index in [1.54, 1.807) is 0 Å². The number of benzene rings is 2. The molecule has 0 aliphatic heterocycles. The topological polar surface area (TPSA) is 85.9 Å². The van der Waals surface area contributed by atoms with Crippen LogP contribution in [0, 0.1) is 6.92 Å². The van der Waals surface area contributed by atoms with Gasteiger partial charge in [-0.15, -0.1) is 0 Å². The molecule has 4 rings (SSSR count). The van der Waals surface area contributed by atoms with Crippen LogP contribution in [-0.4, -0.2) is 40.0 Å². The fourth-order valence-corrected chi connectivity index (χ4v) is 3.46. The molecule has 0 radical (unpaired) electrons. The lowest BCUT2D eigenvalue weighted by atomic mass is 10.0. The van der Waals surface area contributed by atoms with E-state index in [2.05, 4.69) is 56.1 Å². The van der Waals surface area contributed by atoms with Crippen molar-refractivity contribution >= 4 is 16.6 Å². The molecular weight excluding hydrogens is 362 g/mol. The Kier molecular flexibility index (Phi) is 5.84. The number of aliphatic hydroxyl groups is 1. The van der Waals surface area contributed by atoms with Crippen LogP contribution in [0.4, 0.5) is 5.69 Å². The first kappa shape index (κ1) is 19.1. The molecule has 1 unspecified atom stereocenters. The SMILES string of the molecule is Cc1[nH]nc2ccc(-c3cncc(NC(CNCCO)c4ccccc4)c3)cc12. The average Bonchev–Trinajstić information content (AvgIpc) is 3.14.